The summed E-state index contributed by atoms with van der Waals surface area (Å²) in [6.45, 7) is 6.34. The van der Waals surface area contributed by atoms with Crippen molar-refractivity contribution < 1.29 is 14.6 Å². The highest BCUT2D eigenvalue weighted by Crippen LogP contribution is 2.28. The third-order valence-corrected chi connectivity index (χ3v) is 3.95. The van der Waals surface area contributed by atoms with Crippen LogP contribution < -0.4 is 10.1 Å². The second-order valence-corrected chi connectivity index (χ2v) is 5.33. The zero-order chi connectivity index (χ0) is 15.2. The number of nitrogens with one attached hydrogen (secondary N) is 1. The summed E-state index contributed by atoms with van der Waals surface area (Å²) >= 11 is 0. The quantitative estimate of drug-likeness (QED) is 0.768. The normalized spacial score (nSPS) is 15.4. The van der Waals surface area contributed by atoms with Gasteiger partial charge in [0.25, 0.3) is 0 Å². The predicted octanol–water partition coefficient (Wildman–Crippen LogP) is 3.03. The molecule has 0 radical (unpaired) electrons. The fourth-order valence-corrected chi connectivity index (χ4v) is 1.94. The van der Waals surface area contributed by atoms with E-state index >= 15 is 0 Å². The van der Waals surface area contributed by atoms with Gasteiger partial charge < -0.3 is 15.2 Å². The lowest BCUT2D eigenvalue weighted by Crippen LogP contribution is -2.48. The Morgan fingerprint density at radius 3 is 2.65 bits per heavy atom. The van der Waals surface area contributed by atoms with Crippen LogP contribution in [0.25, 0.3) is 0 Å². The Balaban J connectivity index is 2.69. The number of carbonyl (C=O) groups is 1. The molecule has 112 valence electrons. The van der Waals surface area contributed by atoms with Crippen LogP contribution in [-0.2, 0) is 4.79 Å². The summed E-state index contributed by atoms with van der Waals surface area (Å²) < 4.78 is 5.80. The largest absolute Gasteiger partial charge is 0.493 e. The van der Waals surface area contributed by atoms with E-state index in [1.807, 2.05) is 18.2 Å². The van der Waals surface area contributed by atoms with Gasteiger partial charge >= 0.3 is 5.97 Å². The van der Waals surface area contributed by atoms with Crippen LogP contribution in [0.5, 0.6) is 5.75 Å². The molecule has 0 spiro atoms. The van der Waals surface area contributed by atoms with Crippen LogP contribution in [0.15, 0.2) is 24.3 Å². The molecule has 0 heterocycles. The van der Waals surface area contributed by atoms with Crippen molar-refractivity contribution in [2.24, 2.45) is 0 Å². The molecule has 4 nitrogen and oxygen atoms in total. The monoisotopic (exact) mass is 279 g/mol. The van der Waals surface area contributed by atoms with Gasteiger partial charge in [-0.15, -0.1) is 0 Å². The molecular formula is C16H25NO3. The van der Waals surface area contributed by atoms with E-state index in [-0.39, 0.29) is 0 Å². The van der Waals surface area contributed by atoms with Crippen LogP contribution in [0.3, 0.4) is 0 Å². The SMILES string of the molecule is CCC(C)c1ccccc1OCCC(C)(NC)C(=O)O. The zero-order valence-electron chi connectivity index (χ0n) is 12.8. The third-order valence-electron chi connectivity index (χ3n) is 3.95. The Bertz CT molecular complexity index is 447. The summed E-state index contributed by atoms with van der Waals surface area (Å²) in [4.78, 5) is 11.2. The van der Waals surface area contributed by atoms with Crippen LogP contribution in [0.1, 0.15) is 45.1 Å². The number of hydrogen-bond donors (Lipinski definition) is 2. The summed E-state index contributed by atoms with van der Waals surface area (Å²) in [7, 11) is 1.65. The Kier molecular flexibility index (Phi) is 6.02. The highest BCUT2D eigenvalue weighted by atomic mass is 16.5. The standard InChI is InChI=1S/C16H25NO3/c1-5-12(2)13-8-6-7-9-14(13)20-11-10-16(3,17-4)15(18)19/h6-9,12,17H,5,10-11H2,1-4H3,(H,18,19). The Morgan fingerprint density at radius 2 is 2.10 bits per heavy atom. The first-order valence-corrected chi connectivity index (χ1v) is 7.08. The van der Waals surface area contributed by atoms with Gasteiger partial charge in [-0.05, 0) is 37.9 Å². The first-order chi connectivity index (χ1) is 9.44. The number of rotatable bonds is 8. The van der Waals surface area contributed by atoms with Crippen LogP contribution in [0.4, 0.5) is 0 Å². The average Bonchev–Trinajstić information content (AvgIpc) is 2.46. The molecule has 0 bridgehead atoms. The molecule has 1 aromatic carbocycles. The average molecular weight is 279 g/mol. The van der Waals surface area contributed by atoms with Crippen molar-refractivity contribution >= 4 is 5.97 Å². The number of likely N-dealkylation sites (N-methyl/N-ethyl adjacent to an activating group) is 1. The molecule has 0 aliphatic heterocycles. The van der Waals surface area contributed by atoms with E-state index in [4.69, 9.17) is 4.74 Å². The minimum absolute atomic E-state index is 0.372. The number of ether oxygens (including phenoxy) is 1. The molecule has 0 aliphatic rings. The van der Waals surface area contributed by atoms with E-state index < -0.39 is 11.5 Å². The number of carboxylic acids is 1. The molecule has 2 unspecified atom stereocenters. The van der Waals surface area contributed by atoms with Crippen molar-refractivity contribution in [3.8, 4) is 5.75 Å². The van der Waals surface area contributed by atoms with Crippen LogP contribution in [0.2, 0.25) is 0 Å². The van der Waals surface area contributed by atoms with E-state index in [2.05, 4.69) is 25.2 Å². The summed E-state index contributed by atoms with van der Waals surface area (Å²) in [5, 5.41) is 12.0. The molecule has 4 heteroatoms. The van der Waals surface area contributed by atoms with Crippen LogP contribution in [-0.4, -0.2) is 30.3 Å². The Hall–Kier alpha value is -1.55. The second kappa shape index (κ2) is 7.29. The van der Waals surface area contributed by atoms with Crippen LogP contribution in [0, 0.1) is 0 Å². The molecule has 0 amide bonds. The lowest BCUT2D eigenvalue weighted by Gasteiger charge is -2.24. The van der Waals surface area contributed by atoms with Crippen molar-refractivity contribution in [1.29, 1.82) is 0 Å². The molecule has 1 rings (SSSR count). The summed E-state index contributed by atoms with van der Waals surface area (Å²) in [5.74, 6) is 0.422. The van der Waals surface area contributed by atoms with Crippen molar-refractivity contribution in [2.75, 3.05) is 13.7 Å². The van der Waals surface area contributed by atoms with Crippen molar-refractivity contribution in [1.82, 2.24) is 5.32 Å². The first kappa shape index (κ1) is 16.5. The van der Waals surface area contributed by atoms with Gasteiger partial charge in [0.1, 0.15) is 11.3 Å². The Labute approximate surface area is 121 Å². The number of benzene rings is 1. The maximum Gasteiger partial charge on any atom is 0.323 e. The minimum Gasteiger partial charge on any atom is -0.493 e. The molecule has 20 heavy (non-hydrogen) atoms. The van der Waals surface area contributed by atoms with Gasteiger partial charge in [0.15, 0.2) is 0 Å². The highest BCUT2D eigenvalue weighted by Gasteiger charge is 2.30. The van der Waals surface area contributed by atoms with E-state index in [0.717, 1.165) is 12.2 Å². The third kappa shape index (κ3) is 3.97. The predicted molar refractivity (Wildman–Crippen MR) is 80.4 cm³/mol. The first-order valence-electron chi connectivity index (χ1n) is 7.08. The second-order valence-electron chi connectivity index (χ2n) is 5.33. The minimum atomic E-state index is -0.953. The molecule has 0 fully saturated rings. The van der Waals surface area contributed by atoms with E-state index in [1.54, 1.807) is 14.0 Å². The fraction of sp³-hybridized carbons (Fsp3) is 0.562. The van der Waals surface area contributed by atoms with Crippen molar-refractivity contribution in [2.45, 2.75) is 45.1 Å². The molecule has 0 saturated heterocycles. The summed E-state index contributed by atoms with van der Waals surface area (Å²) in [5.41, 5.74) is 0.224. The number of carboxylic acid groups (broad SMARTS) is 1. The van der Waals surface area contributed by atoms with Crippen molar-refractivity contribution in [3.63, 3.8) is 0 Å². The van der Waals surface area contributed by atoms with Gasteiger partial charge in [-0.25, -0.2) is 0 Å². The molecule has 2 N–H and O–H groups in total. The van der Waals surface area contributed by atoms with Gasteiger partial charge in [-0.3, -0.25) is 4.79 Å². The zero-order valence-corrected chi connectivity index (χ0v) is 12.8. The lowest BCUT2D eigenvalue weighted by atomic mass is 9.97. The summed E-state index contributed by atoms with van der Waals surface area (Å²) in [6, 6.07) is 7.95. The molecule has 0 aliphatic carbocycles. The van der Waals surface area contributed by atoms with Gasteiger partial charge in [0.05, 0.1) is 6.61 Å². The van der Waals surface area contributed by atoms with Gasteiger partial charge in [0.2, 0.25) is 0 Å². The molecule has 1 aromatic rings. The van der Waals surface area contributed by atoms with E-state index in [0.29, 0.717) is 18.9 Å². The van der Waals surface area contributed by atoms with E-state index in [1.165, 1.54) is 5.56 Å². The molecule has 0 aromatic heterocycles. The Morgan fingerprint density at radius 1 is 1.45 bits per heavy atom. The summed E-state index contributed by atoms with van der Waals surface area (Å²) in [6.07, 6.45) is 1.46. The molecule has 2 atom stereocenters. The topological polar surface area (TPSA) is 58.6 Å². The fourth-order valence-electron chi connectivity index (χ4n) is 1.94. The van der Waals surface area contributed by atoms with Gasteiger partial charge in [0, 0.05) is 6.42 Å². The lowest BCUT2D eigenvalue weighted by molar-refractivity contribution is -0.144. The maximum absolute atomic E-state index is 11.2. The molecular weight excluding hydrogens is 254 g/mol. The van der Waals surface area contributed by atoms with Gasteiger partial charge in [-0.1, -0.05) is 32.0 Å². The number of hydrogen-bond acceptors (Lipinski definition) is 3. The smallest absolute Gasteiger partial charge is 0.323 e. The maximum atomic E-state index is 11.2. The highest BCUT2D eigenvalue weighted by molar-refractivity contribution is 5.78. The van der Waals surface area contributed by atoms with Crippen LogP contribution >= 0.6 is 0 Å². The van der Waals surface area contributed by atoms with E-state index in [9.17, 15) is 9.90 Å². The molecule has 0 saturated carbocycles. The number of aliphatic carboxylic acids is 1. The van der Waals surface area contributed by atoms with Crippen molar-refractivity contribution in [3.05, 3.63) is 29.8 Å². The van der Waals surface area contributed by atoms with Gasteiger partial charge in [-0.2, -0.15) is 0 Å². The number of para-hydroxylation sites is 1.